The van der Waals surface area contributed by atoms with E-state index in [1.807, 2.05) is 54.0 Å². The first-order valence-electron chi connectivity index (χ1n) is 12.6. The molecule has 10 nitrogen and oxygen atoms in total. The molecule has 0 aliphatic carbocycles. The van der Waals surface area contributed by atoms with E-state index in [1.165, 1.54) is 6.07 Å². The van der Waals surface area contributed by atoms with Crippen molar-refractivity contribution < 1.29 is 23.5 Å². The van der Waals surface area contributed by atoms with E-state index in [-0.39, 0.29) is 36.3 Å². The Morgan fingerprint density at radius 3 is 1.98 bits per heavy atom. The predicted molar refractivity (Wildman–Crippen MR) is 152 cm³/mol. The number of nitrogens with zero attached hydrogens (tertiary/aromatic N) is 4. The first-order valence-corrected chi connectivity index (χ1v) is 13.4. The van der Waals surface area contributed by atoms with Crippen LogP contribution in [-0.2, 0) is 9.59 Å². The van der Waals surface area contributed by atoms with Crippen LogP contribution in [-0.4, -0.2) is 48.8 Å². The van der Waals surface area contributed by atoms with Gasteiger partial charge in [0.1, 0.15) is 42.6 Å². The lowest BCUT2D eigenvalue weighted by atomic mass is 10.0. The summed E-state index contributed by atoms with van der Waals surface area (Å²) in [4.78, 5) is 27.2. The molecule has 0 saturated heterocycles. The molecule has 4 aliphatic heterocycles. The van der Waals surface area contributed by atoms with Gasteiger partial charge >= 0.3 is 0 Å². The second-order valence-electron chi connectivity index (χ2n) is 9.45. The lowest BCUT2D eigenvalue weighted by molar-refractivity contribution is -0.123. The average Bonchev–Trinajstić information content (AvgIpc) is 2.96. The normalized spacial score (nSPS) is 20.4. The van der Waals surface area contributed by atoms with Crippen LogP contribution in [0.1, 0.15) is 13.8 Å². The molecule has 0 radical (unpaired) electrons. The van der Waals surface area contributed by atoms with E-state index >= 15 is 0 Å². The molecule has 7 rings (SSSR count). The summed E-state index contributed by atoms with van der Waals surface area (Å²) in [5, 5.41) is 8.05. The van der Waals surface area contributed by atoms with E-state index in [4.69, 9.17) is 9.47 Å². The highest BCUT2D eigenvalue weighted by atomic mass is 79.9. The molecule has 4 heterocycles. The van der Waals surface area contributed by atoms with Crippen LogP contribution in [0.3, 0.4) is 0 Å². The molecule has 12 heteroatoms. The molecule has 40 heavy (non-hydrogen) atoms. The van der Waals surface area contributed by atoms with Crippen LogP contribution in [0, 0.1) is 5.82 Å². The van der Waals surface area contributed by atoms with Crippen LogP contribution >= 0.6 is 15.9 Å². The number of carbonyl (C=O) groups is 2. The Balaban J connectivity index is 0.000000151. The summed E-state index contributed by atoms with van der Waals surface area (Å²) in [5.74, 6) is 2.21. The third-order valence-corrected chi connectivity index (χ3v) is 7.47. The number of hydrogen-bond donors (Lipinski definition) is 2. The summed E-state index contributed by atoms with van der Waals surface area (Å²) >= 11 is 3.40. The van der Waals surface area contributed by atoms with Gasteiger partial charge in [0.15, 0.2) is 11.7 Å². The first-order chi connectivity index (χ1) is 19.3. The summed E-state index contributed by atoms with van der Waals surface area (Å²) < 4.78 is 26.3. The molecule has 0 bridgehead atoms. The van der Waals surface area contributed by atoms with Gasteiger partial charge in [-0.2, -0.15) is 10.2 Å². The number of nitrogens with one attached hydrogen (secondary N) is 2. The van der Waals surface area contributed by atoms with Crippen molar-refractivity contribution in [2.45, 2.75) is 25.9 Å². The molecule has 3 aromatic carbocycles. The van der Waals surface area contributed by atoms with Crippen LogP contribution in [0.5, 0.6) is 11.5 Å². The minimum Gasteiger partial charge on any atom is -0.483 e. The maximum absolute atomic E-state index is 14.0. The van der Waals surface area contributed by atoms with Gasteiger partial charge in [-0.1, -0.05) is 40.2 Å². The van der Waals surface area contributed by atoms with E-state index in [0.717, 1.165) is 33.0 Å². The van der Waals surface area contributed by atoms with Gasteiger partial charge in [-0.15, -0.1) is 0 Å². The Morgan fingerprint density at radius 1 is 0.825 bits per heavy atom. The summed E-state index contributed by atoms with van der Waals surface area (Å²) in [6.45, 7) is 4.29. The van der Waals surface area contributed by atoms with E-state index in [0.29, 0.717) is 23.8 Å². The zero-order valence-electron chi connectivity index (χ0n) is 21.5. The number of amides is 2. The Labute approximate surface area is 237 Å². The van der Waals surface area contributed by atoms with Crippen LogP contribution in [0.2, 0.25) is 0 Å². The van der Waals surface area contributed by atoms with Crippen LogP contribution in [0.15, 0.2) is 75.3 Å². The van der Waals surface area contributed by atoms with Gasteiger partial charge in [-0.3, -0.25) is 9.59 Å². The monoisotopic (exact) mass is 606 g/mol. The fourth-order valence-electron chi connectivity index (χ4n) is 4.89. The third kappa shape index (κ3) is 4.53. The number of hydrogen-bond acceptors (Lipinski definition) is 8. The van der Waals surface area contributed by atoms with Gasteiger partial charge in [0.25, 0.3) is 11.8 Å². The Bertz CT molecular complexity index is 1590. The van der Waals surface area contributed by atoms with Gasteiger partial charge in [-0.05, 0) is 55.8 Å². The summed E-state index contributed by atoms with van der Waals surface area (Å²) in [5.41, 5.74) is 7.86. The molecule has 0 unspecified atom stereocenters. The fraction of sp³-hybridized carbons (Fsp3) is 0.214. The second kappa shape index (κ2) is 10.3. The minimum absolute atomic E-state index is 0.107. The molecule has 2 N–H and O–H groups in total. The molecule has 0 saturated carbocycles. The van der Waals surface area contributed by atoms with Crippen molar-refractivity contribution >= 4 is 50.8 Å². The number of hydrazone groups is 2. The quantitative estimate of drug-likeness (QED) is 0.433. The zero-order chi connectivity index (χ0) is 28.0. The van der Waals surface area contributed by atoms with Gasteiger partial charge in [0, 0.05) is 10.0 Å². The van der Waals surface area contributed by atoms with Gasteiger partial charge in [0.2, 0.25) is 0 Å². The number of amidine groups is 2. The number of fused-ring (bicyclic) bond motifs is 6. The zero-order valence-corrected chi connectivity index (χ0v) is 23.1. The topological polar surface area (TPSA) is 108 Å². The molecular weight excluding hydrogens is 583 g/mol. The number of carbonyl (C=O) groups excluding carboxylic acids is 2. The number of ether oxygens (including phenoxy) is 2. The lowest BCUT2D eigenvalue weighted by Gasteiger charge is -2.38. The van der Waals surface area contributed by atoms with Crippen molar-refractivity contribution in [3.63, 3.8) is 0 Å². The second-order valence-corrected chi connectivity index (χ2v) is 10.4. The Hall–Kier alpha value is -4.45. The van der Waals surface area contributed by atoms with Crippen LogP contribution in [0.4, 0.5) is 15.8 Å². The van der Waals surface area contributed by atoms with Gasteiger partial charge < -0.3 is 19.3 Å². The summed E-state index contributed by atoms with van der Waals surface area (Å²) in [6.07, 6.45) is 0. The van der Waals surface area contributed by atoms with Gasteiger partial charge in [0.05, 0.1) is 11.4 Å². The third-order valence-electron chi connectivity index (χ3n) is 6.98. The van der Waals surface area contributed by atoms with E-state index < -0.39 is 0 Å². The average molecular weight is 607 g/mol. The fourth-order valence-corrected chi connectivity index (χ4v) is 5.23. The van der Waals surface area contributed by atoms with E-state index in [1.54, 1.807) is 24.3 Å². The molecular formula is C28H24BrFN6O4. The van der Waals surface area contributed by atoms with Crippen molar-refractivity contribution in [2.75, 3.05) is 23.0 Å². The molecule has 0 fully saturated rings. The van der Waals surface area contributed by atoms with Crippen molar-refractivity contribution in [3.05, 3.63) is 71.0 Å². The summed E-state index contributed by atoms with van der Waals surface area (Å²) in [7, 11) is 0. The smallest absolute Gasteiger partial charge is 0.262 e. The molecule has 204 valence electrons. The maximum atomic E-state index is 14.0. The molecule has 0 spiro atoms. The maximum Gasteiger partial charge on any atom is 0.262 e. The molecule has 2 amide bonds. The number of rotatable bonds is 1. The van der Waals surface area contributed by atoms with Crippen LogP contribution < -0.4 is 30.1 Å². The standard InChI is InChI=1S/C17H14FN3O2.C11H10BrN3O2/c1-10-17(22)20-19-16-9-23-15-8-11(6-7-14(15)21(10)16)12-4-2-3-5-13(12)18;1-6-11(16)14-13-10-5-17-9-4-7(12)2-3-8(9)15(6)10/h2-8,10H,9H2,1H3,(H,20,22);2-4,6H,5H2,1H3,(H,14,16)/t10-;6-/m11/s1. The molecule has 3 aromatic rings. The number of benzene rings is 3. The van der Waals surface area contributed by atoms with Crippen molar-refractivity contribution in [2.24, 2.45) is 10.2 Å². The Kier molecular flexibility index (Phi) is 6.62. The predicted octanol–water partition coefficient (Wildman–Crippen LogP) is 4.00. The number of halogens is 2. The number of anilines is 2. The first kappa shape index (κ1) is 25.8. The Morgan fingerprint density at radius 2 is 1.38 bits per heavy atom. The lowest BCUT2D eigenvalue weighted by Crippen LogP contribution is -2.55. The summed E-state index contributed by atoms with van der Waals surface area (Å²) in [6, 6.07) is 17.1. The van der Waals surface area contributed by atoms with Crippen molar-refractivity contribution in [3.8, 4) is 22.6 Å². The minimum atomic E-state index is -0.371. The SMILES string of the molecule is C[C@@H]1C(=O)NN=C2COc3cc(-c4ccccc4F)ccc3N21.C[C@@H]1C(=O)NN=C2COc3cc(Br)ccc3N21. The van der Waals surface area contributed by atoms with Crippen molar-refractivity contribution in [1.82, 2.24) is 10.9 Å². The van der Waals surface area contributed by atoms with Crippen LogP contribution in [0.25, 0.3) is 11.1 Å². The highest BCUT2D eigenvalue weighted by Gasteiger charge is 2.36. The van der Waals surface area contributed by atoms with Gasteiger partial charge in [-0.25, -0.2) is 15.2 Å². The highest BCUT2D eigenvalue weighted by Crippen LogP contribution is 2.39. The molecule has 4 aliphatic rings. The van der Waals surface area contributed by atoms with E-state index in [2.05, 4.69) is 37.0 Å². The molecule has 0 aromatic heterocycles. The highest BCUT2D eigenvalue weighted by molar-refractivity contribution is 9.10. The largest absolute Gasteiger partial charge is 0.483 e. The van der Waals surface area contributed by atoms with Crippen molar-refractivity contribution in [1.29, 1.82) is 0 Å². The van der Waals surface area contributed by atoms with E-state index in [9.17, 15) is 14.0 Å². The molecule has 2 atom stereocenters.